The highest BCUT2D eigenvalue weighted by atomic mass is 16.1. The Balaban J connectivity index is 2.31. The van der Waals surface area contributed by atoms with Gasteiger partial charge in [0.05, 0.1) is 0 Å². The van der Waals surface area contributed by atoms with Gasteiger partial charge in [0.2, 0.25) is 0 Å². The number of carbonyl (C=O) groups excluding carboxylic acids is 1. The molecule has 66 valence electrons. The van der Waals surface area contributed by atoms with Crippen molar-refractivity contribution in [2.24, 2.45) is 0 Å². The molecule has 0 radical (unpaired) electrons. The predicted octanol–water partition coefficient (Wildman–Crippen LogP) is 2.78. The minimum atomic E-state index is 0.743. The van der Waals surface area contributed by atoms with E-state index in [9.17, 15) is 4.79 Å². The zero-order valence-electron chi connectivity index (χ0n) is 7.44. The van der Waals surface area contributed by atoms with Crippen molar-refractivity contribution in [2.45, 2.75) is 18.8 Å². The van der Waals surface area contributed by atoms with Crippen molar-refractivity contribution in [1.82, 2.24) is 0 Å². The maximum absolute atomic E-state index is 10.2. The van der Waals surface area contributed by atoms with Gasteiger partial charge in [-0.15, -0.1) is 0 Å². The lowest BCUT2D eigenvalue weighted by molar-refractivity contribution is -0.104. The molecule has 1 aromatic rings. The molecular weight excluding hydrogens is 160 g/mol. The zero-order valence-corrected chi connectivity index (χ0v) is 7.44. The summed E-state index contributed by atoms with van der Waals surface area (Å²) in [7, 11) is 0. The lowest BCUT2D eigenvalue weighted by atomic mass is 10.0. The van der Waals surface area contributed by atoms with E-state index < -0.39 is 0 Å². The number of rotatable bonds is 3. The van der Waals surface area contributed by atoms with Gasteiger partial charge in [-0.1, -0.05) is 30.3 Å². The highest BCUT2D eigenvalue weighted by Gasteiger charge is 2.24. The fourth-order valence-corrected chi connectivity index (χ4v) is 1.57. The summed E-state index contributed by atoms with van der Waals surface area (Å²) in [6, 6.07) is 8.29. The molecule has 1 heteroatoms. The third-order valence-corrected chi connectivity index (χ3v) is 2.37. The van der Waals surface area contributed by atoms with E-state index in [2.05, 4.69) is 18.2 Å². The van der Waals surface area contributed by atoms with Crippen LogP contribution in [0, 0.1) is 0 Å². The van der Waals surface area contributed by atoms with Crippen molar-refractivity contribution in [2.75, 3.05) is 0 Å². The Bertz CT molecular complexity index is 335. The molecule has 0 amide bonds. The van der Waals surface area contributed by atoms with Crippen LogP contribution in [0.3, 0.4) is 0 Å². The maximum atomic E-state index is 10.2. The number of allylic oxidation sites excluding steroid dienone is 1. The van der Waals surface area contributed by atoms with E-state index in [1.807, 2.05) is 12.1 Å². The van der Waals surface area contributed by atoms with Crippen molar-refractivity contribution in [3.05, 3.63) is 41.5 Å². The molecular formula is C12H12O. The number of carbonyl (C=O) groups is 1. The zero-order chi connectivity index (χ0) is 9.10. The molecule has 0 unspecified atom stereocenters. The smallest absolute Gasteiger partial charge is 0.142 e. The summed E-state index contributed by atoms with van der Waals surface area (Å²) in [6.07, 6.45) is 6.86. The summed E-state index contributed by atoms with van der Waals surface area (Å²) < 4.78 is 0. The quantitative estimate of drug-likeness (QED) is 0.506. The lowest BCUT2D eigenvalue weighted by Crippen LogP contribution is -1.84. The first-order valence-electron chi connectivity index (χ1n) is 4.62. The molecule has 1 saturated carbocycles. The minimum absolute atomic E-state index is 0.743. The van der Waals surface area contributed by atoms with Gasteiger partial charge in [-0.3, -0.25) is 4.79 Å². The molecule has 0 atom stereocenters. The first kappa shape index (κ1) is 8.24. The van der Waals surface area contributed by atoms with Crippen LogP contribution in [0.25, 0.3) is 6.08 Å². The number of hydrogen-bond donors (Lipinski definition) is 0. The van der Waals surface area contributed by atoms with Crippen molar-refractivity contribution < 1.29 is 4.79 Å². The van der Waals surface area contributed by atoms with Gasteiger partial charge in [-0.25, -0.2) is 0 Å². The van der Waals surface area contributed by atoms with E-state index >= 15 is 0 Å². The molecule has 1 nitrogen and oxygen atoms in total. The van der Waals surface area contributed by atoms with Crippen LogP contribution in [0.1, 0.15) is 29.9 Å². The SMILES string of the molecule is O=C/C=C/c1ccccc1C1CC1. The fourth-order valence-electron chi connectivity index (χ4n) is 1.57. The molecule has 1 aromatic carbocycles. The Morgan fingerprint density at radius 1 is 1.23 bits per heavy atom. The molecule has 0 bridgehead atoms. The Kier molecular flexibility index (Phi) is 2.26. The molecule has 0 aliphatic heterocycles. The van der Waals surface area contributed by atoms with Gasteiger partial charge in [0.1, 0.15) is 6.29 Å². The van der Waals surface area contributed by atoms with E-state index in [1.54, 1.807) is 6.08 Å². The van der Waals surface area contributed by atoms with E-state index in [4.69, 9.17) is 0 Å². The summed E-state index contributed by atoms with van der Waals surface area (Å²) in [5.41, 5.74) is 2.58. The summed E-state index contributed by atoms with van der Waals surface area (Å²) in [5, 5.41) is 0. The Hall–Kier alpha value is -1.37. The van der Waals surface area contributed by atoms with E-state index in [0.29, 0.717) is 0 Å². The summed E-state index contributed by atoms with van der Waals surface area (Å²) in [4.78, 5) is 10.2. The van der Waals surface area contributed by atoms with Crippen LogP contribution in [0.2, 0.25) is 0 Å². The maximum Gasteiger partial charge on any atom is 0.142 e. The number of benzene rings is 1. The van der Waals surface area contributed by atoms with E-state index in [-0.39, 0.29) is 0 Å². The molecule has 1 aliphatic rings. The molecule has 0 spiro atoms. The van der Waals surface area contributed by atoms with Crippen LogP contribution in [-0.2, 0) is 4.79 Å². The summed E-state index contributed by atoms with van der Waals surface area (Å²) >= 11 is 0. The summed E-state index contributed by atoms with van der Waals surface area (Å²) in [6.45, 7) is 0. The molecule has 1 aliphatic carbocycles. The van der Waals surface area contributed by atoms with Crippen LogP contribution >= 0.6 is 0 Å². The lowest BCUT2D eigenvalue weighted by Gasteiger charge is -2.02. The van der Waals surface area contributed by atoms with E-state index in [0.717, 1.165) is 12.2 Å². The van der Waals surface area contributed by atoms with E-state index in [1.165, 1.54) is 24.0 Å². The van der Waals surface area contributed by atoms with Crippen LogP contribution < -0.4 is 0 Å². The minimum Gasteiger partial charge on any atom is -0.299 e. The molecule has 0 saturated heterocycles. The van der Waals surface area contributed by atoms with Crippen molar-refractivity contribution in [1.29, 1.82) is 0 Å². The van der Waals surface area contributed by atoms with Gasteiger partial charge in [-0.05, 0) is 36.0 Å². The Morgan fingerprint density at radius 3 is 2.69 bits per heavy atom. The molecule has 1 fully saturated rings. The van der Waals surface area contributed by atoms with Crippen molar-refractivity contribution in [3.8, 4) is 0 Å². The van der Waals surface area contributed by atoms with Crippen LogP contribution in [0.15, 0.2) is 30.3 Å². The molecule has 0 N–H and O–H groups in total. The average molecular weight is 172 g/mol. The first-order valence-corrected chi connectivity index (χ1v) is 4.62. The van der Waals surface area contributed by atoms with Gasteiger partial charge in [0.15, 0.2) is 0 Å². The standard InChI is InChI=1S/C12H12O/c13-9-3-5-10-4-1-2-6-12(10)11-7-8-11/h1-6,9,11H,7-8H2/b5-3+. The predicted molar refractivity (Wildman–Crippen MR) is 53.5 cm³/mol. The van der Waals surface area contributed by atoms with Crippen LogP contribution in [0.5, 0.6) is 0 Å². The third kappa shape index (κ3) is 1.86. The van der Waals surface area contributed by atoms with Gasteiger partial charge >= 0.3 is 0 Å². The topological polar surface area (TPSA) is 17.1 Å². The van der Waals surface area contributed by atoms with Crippen molar-refractivity contribution >= 4 is 12.4 Å². The average Bonchev–Trinajstić information content (AvgIpc) is 2.98. The first-order chi connectivity index (χ1) is 6.42. The summed E-state index contributed by atoms with van der Waals surface area (Å²) in [5.74, 6) is 0.743. The van der Waals surface area contributed by atoms with Gasteiger partial charge < -0.3 is 0 Å². The Labute approximate surface area is 78.1 Å². The second-order valence-corrected chi connectivity index (χ2v) is 3.40. The highest BCUT2D eigenvalue weighted by molar-refractivity contribution is 5.74. The molecule has 0 aromatic heterocycles. The highest BCUT2D eigenvalue weighted by Crippen LogP contribution is 2.41. The second-order valence-electron chi connectivity index (χ2n) is 3.40. The molecule has 0 heterocycles. The fraction of sp³-hybridized carbons (Fsp3) is 0.250. The van der Waals surface area contributed by atoms with Crippen LogP contribution in [-0.4, -0.2) is 6.29 Å². The Morgan fingerprint density at radius 2 is 2.00 bits per heavy atom. The van der Waals surface area contributed by atoms with Gasteiger partial charge in [-0.2, -0.15) is 0 Å². The van der Waals surface area contributed by atoms with Gasteiger partial charge in [0.25, 0.3) is 0 Å². The van der Waals surface area contributed by atoms with Crippen LogP contribution in [0.4, 0.5) is 0 Å². The molecule has 2 rings (SSSR count). The third-order valence-electron chi connectivity index (χ3n) is 2.37. The molecule has 13 heavy (non-hydrogen) atoms. The number of aldehydes is 1. The second kappa shape index (κ2) is 3.56. The normalized spacial score (nSPS) is 16.3. The largest absolute Gasteiger partial charge is 0.299 e. The number of hydrogen-bond acceptors (Lipinski definition) is 1. The van der Waals surface area contributed by atoms with Gasteiger partial charge in [0, 0.05) is 0 Å². The monoisotopic (exact) mass is 172 g/mol. The van der Waals surface area contributed by atoms with Crippen molar-refractivity contribution in [3.63, 3.8) is 0 Å².